The third-order valence-corrected chi connectivity index (χ3v) is 14.6. The number of imide groups is 1. The topological polar surface area (TPSA) is 271 Å². The minimum absolute atomic E-state index is 0.0231. The smallest absolute Gasteiger partial charge is 0.333 e. The highest BCUT2D eigenvalue weighted by Crippen LogP contribution is 2.51. The van der Waals surface area contributed by atoms with Gasteiger partial charge in [-0.25, -0.2) is 30.0 Å². The maximum atomic E-state index is 12.5. The van der Waals surface area contributed by atoms with Crippen molar-refractivity contribution in [2.24, 2.45) is 0 Å². The van der Waals surface area contributed by atoms with Crippen LogP contribution in [0.2, 0.25) is 0 Å². The van der Waals surface area contributed by atoms with E-state index in [0.29, 0.717) is 66.4 Å². The second kappa shape index (κ2) is 21.0. The van der Waals surface area contributed by atoms with Gasteiger partial charge in [0.1, 0.15) is 32.0 Å². The van der Waals surface area contributed by atoms with E-state index in [-0.39, 0.29) is 58.5 Å². The van der Waals surface area contributed by atoms with Gasteiger partial charge in [-0.1, -0.05) is 6.08 Å². The van der Waals surface area contributed by atoms with Gasteiger partial charge < -0.3 is 37.6 Å². The zero-order chi connectivity index (χ0) is 47.1. The van der Waals surface area contributed by atoms with Gasteiger partial charge in [0, 0.05) is 80.8 Å². The number of unbranched alkanes of at least 4 members (excludes halogenated alkanes) is 2. The maximum Gasteiger partial charge on any atom is 0.333 e. The summed E-state index contributed by atoms with van der Waals surface area (Å²) in [5.74, 6) is -2.55. The fourth-order valence-corrected chi connectivity index (χ4v) is 10.4. The quantitative estimate of drug-likeness (QED) is 0.0896. The second-order valence-corrected chi connectivity index (χ2v) is 20.7. The van der Waals surface area contributed by atoms with Gasteiger partial charge in [-0.15, -0.1) is 5.06 Å². The summed E-state index contributed by atoms with van der Waals surface area (Å²) in [5.41, 5.74) is 1.02. The molecule has 5 rings (SSSR count). The number of allylic oxidation sites excluding steroid dienone is 3. The molecule has 3 heterocycles. The molecule has 0 radical (unpaired) electrons. The van der Waals surface area contributed by atoms with Gasteiger partial charge in [-0.2, -0.15) is 0 Å². The number of carbonyl (C=O) groups excluding carboxylic acids is 3. The molecule has 4 unspecified atom stereocenters. The molecule has 3 aliphatic rings. The first kappa shape index (κ1) is 50.9. The molecule has 2 amide bonds. The number of nitrogens with zero attached hydrogens (tertiary/aromatic N) is 2. The van der Waals surface area contributed by atoms with Crippen LogP contribution in [0, 0.1) is 0 Å². The van der Waals surface area contributed by atoms with Gasteiger partial charge in [0.25, 0.3) is 11.8 Å². The number of amides is 2. The van der Waals surface area contributed by atoms with Gasteiger partial charge in [0.15, 0.2) is 0 Å². The Morgan fingerprint density at radius 3 is 2.08 bits per heavy atom. The van der Waals surface area contributed by atoms with E-state index in [1.807, 2.05) is 17.9 Å². The summed E-state index contributed by atoms with van der Waals surface area (Å²) in [4.78, 5) is 43.2. The number of ether oxygens (including phenoxy) is 3. The van der Waals surface area contributed by atoms with Gasteiger partial charge in [-0.05, 0) is 100 Å². The van der Waals surface area contributed by atoms with Crippen LogP contribution in [0.5, 0.6) is 0 Å². The lowest BCUT2D eigenvalue weighted by molar-refractivity contribution is -0.851. The molecule has 1 N–H and O–H groups in total. The van der Waals surface area contributed by atoms with Crippen molar-refractivity contribution in [3.63, 3.8) is 0 Å². The van der Waals surface area contributed by atoms with E-state index in [4.69, 9.17) is 19.0 Å². The van der Waals surface area contributed by atoms with E-state index >= 15 is 0 Å². The number of hydroxylamine groups is 2. The molecule has 64 heavy (non-hydrogen) atoms. The summed E-state index contributed by atoms with van der Waals surface area (Å²) in [6, 6.07) is 7.87. The summed E-state index contributed by atoms with van der Waals surface area (Å²) >= 11 is 0. The van der Waals surface area contributed by atoms with E-state index < -0.39 is 80.6 Å². The van der Waals surface area contributed by atoms with Crippen molar-refractivity contribution in [2.45, 2.75) is 98.3 Å². The number of rotatable bonds is 24. The molecule has 1 saturated heterocycles. The number of anilines is 1. The molecule has 4 atom stereocenters. The molecule has 0 spiro atoms. The van der Waals surface area contributed by atoms with Crippen LogP contribution in [0.3, 0.4) is 0 Å². The highest BCUT2D eigenvalue weighted by molar-refractivity contribution is 7.86. The number of hydrogen-bond donors (Lipinski definition) is 1. The van der Waals surface area contributed by atoms with E-state index in [9.17, 15) is 53.3 Å². The first-order chi connectivity index (χ1) is 30.0. The number of quaternary nitrogens is 1. The Labute approximate surface area is 374 Å². The van der Waals surface area contributed by atoms with Crippen LogP contribution < -0.4 is 9.80 Å². The summed E-state index contributed by atoms with van der Waals surface area (Å²) in [5, 5.41) is 0.505. The van der Waals surface area contributed by atoms with Crippen LogP contribution in [0.15, 0.2) is 70.1 Å². The van der Waals surface area contributed by atoms with Gasteiger partial charge in [-0.3, -0.25) is 14.5 Å². The molecular formula is C42H55N3O16S3-2. The van der Waals surface area contributed by atoms with Crippen molar-refractivity contribution in [1.29, 1.82) is 0 Å². The number of fused-ring (bicyclic) bond motifs is 2. The fourth-order valence-electron chi connectivity index (χ4n) is 8.89. The number of benzene rings is 2. The lowest BCUT2D eigenvalue weighted by Gasteiger charge is -2.32. The van der Waals surface area contributed by atoms with E-state index in [1.54, 1.807) is 25.1 Å². The standard InChI is InChI=1S/C42H57N3O16S3/c1-41(19-9-27-62(49,50)51)32-28-30(63(52,53)54)14-16-35(32)44(22-24-60-26-25-59-4)36(41)10-8-11-37-42(2,20-23-58-3)33-29-31(64(55,56)57)13-15-34(33)43(37)21-7-5-6-12-40(48)61-45-38(46)17-18-39(45)47/h8,10-11,13-16,28-29,37H,5-7,9,12,17-27H2,1-4H3,(H,49,50,51)(H,52,53,54)(H,55,56,57)/p-2/b11-8+,36-10+. The average molecular weight is 954 g/mol. The summed E-state index contributed by atoms with van der Waals surface area (Å²) in [6.07, 6.45) is 7.33. The van der Waals surface area contributed by atoms with Crippen molar-refractivity contribution in [3.05, 3.63) is 71.5 Å². The molecule has 19 nitrogen and oxygen atoms in total. The SMILES string of the molecule is COCCOCCN1/C(=C/C=C/C2[NH+](CCCCCC(=O)ON3C(=O)CCC3=O)c3ccc(S(=O)(=O)[O-])cc3C2(C)CCOC)C(C)(CCCS(=O)(=O)[O-])c2cc(S(=O)(=O)[O-])ccc21. The molecule has 3 aliphatic heterocycles. The molecule has 1 fully saturated rings. The number of methoxy groups -OCH3 is 2. The molecule has 2 aromatic rings. The van der Waals surface area contributed by atoms with Crippen LogP contribution in [-0.4, -0.2) is 127 Å². The molecule has 0 saturated carbocycles. The lowest BCUT2D eigenvalue weighted by atomic mass is 9.75. The molecule has 354 valence electrons. The monoisotopic (exact) mass is 953 g/mol. The van der Waals surface area contributed by atoms with E-state index in [2.05, 4.69) is 0 Å². The van der Waals surface area contributed by atoms with Crippen LogP contribution in [0.1, 0.15) is 82.8 Å². The predicted octanol–water partition coefficient (Wildman–Crippen LogP) is 2.06. The van der Waals surface area contributed by atoms with Gasteiger partial charge >= 0.3 is 5.97 Å². The second-order valence-electron chi connectivity index (χ2n) is 16.5. The minimum Gasteiger partial charge on any atom is -0.748 e. The molecular weight excluding hydrogens is 899 g/mol. The van der Waals surface area contributed by atoms with Crippen LogP contribution in [0.4, 0.5) is 11.4 Å². The predicted molar refractivity (Wildman–Crippen MR) is 226 cm³/mol. The fraction of sp³-hybridized carbons (Fsp3) is 0.548. The summed E-state index contributed by atoms with van der Waals surface area (Å²) in [6.45, 7) is 5.53. The zero-order valence-corrected chi connectivity index (χ0v) is 38.7. The Morgan fingerprint density at radius 2 is 1.45 bits per heavy atom. The molecule has 0 aliphatic carbocycles. The normalized spacial score (nSPS) is 23.1. The Kier molecular flexibility index (Phi) is 16.7. The molecule has 2 aromatic carbocycles. The Balaban J connectivity index is 1.53. The zero-order valence-electron chi connectivity index (χ0n) is 36.2. The Hall–Kier alpha value is -4.10. The lowest BCUT2D eigenvalue weighted by Crippen LogP contribution is -3.10. The number of carbonyl (C=O) groups is 3. The first-order valence-corrected chi connectivity index (χ1v) is 25.2. The van der Waals surface area contributed by atoms with Gasteiger partial charge in [0.05, 0.1) is 51.7 Å². The minimum atomic E-state index is -4.90. The third-order valence-electron chi connectivity index (χ3n) is 12.2. The molecule has 22 heteroatoms. The first-order valence-electron chi connectivity index (χ1n) is 20.8. The third kappa shape index (κ3) is 12.0. The average Bonchev–Trinajstić information content (AvgIpc) is 3.74. The summed E-state index contributed by atoms with van der Waals surface area (Å²) < 4.78 is 125. The molecule has 0 bridgehead atoms. The molecule has 0 aromatic heterocycles. The van der Waals surface area contributed by atoms with Crippen LogP contribution >= 0.6 is 0 Å². The highest BCUT2D eigenvalue weighted by Gasteiger charge is 2.51. The van der Waals surface area contributed by atoms with Crippen molar-refractivity contribution < 1.29 is 77.2 Å². The van der Waals surface area contributed by atoms with Crippen molar-refractivity contribution >= 4 is 59.5 Å². The Morgan fingerprint density at radius 1 is 0.812 bits per heavy atom. The van der Waals surface area contributed by atoms with E-state index in [0.717, 1.165) is 10.6 Å². The largest absolute Gasteiger partial charge is 0.748 e. The van der Waals surface area contributed by atoms with Crippen molar-refractivity contribution in [1.82, 2.24) is 5.06 Å². The number of hydrogen-bond acceptors (Lipinski definition) is 17. The number of nitrogens with one attached hydrogen (secondary N) is 1. The van der Waals surface area contributed by atoms with Crippen molar-refractivity contribution in [2.75, 3.05) is 64.4 Å². The Bertz CT molecular complexity index is 2440. The summed E-state index contributed by atoms with van der Waals surface area (Å²) in [7, 11) is -11.3. The van der Waals surface area contributed by atoms with Crippen molar-refractivity contribution in [3.8, 4) is 0 Å². The van der Waals surface area contributed by atoms with E-state index in [1.165, 1.54) is 44.6 Å². The van der Waals surface area contributed by atoms with Crippen LogP contribution in [-0.2, 0) is 74.6 Å². The van der Waals surface area contributed by atoms with Crippen LogP contribution in [0.25, 0.3) is 0 Å². The highest BCUT2D eigenvalue weighted by atomic mass is 32.2. The van der Waals surface area contributed by atoms with Gasteiger partial charge in [0.2, 0.25) is 0 Å². The maximum absolute atomic E-state index is 12.5.